The Morgan fingerprint density at radius 2 is 1.85 bits per heavy atom. The van der Waals surface area contributed by atoms with Gasteiger partial charge in [0, 0.05) is 12.8 Å². The van der Waals surface area contributed by atoms with E-state index in [9.17, 15) is 15.0 Å². The summed E-state index contributed by atoms with van der Waals surface area (Å²) < 4.78 is 27.3. The van der Waals surface area contributed by atoms with Gasteiger partial charge in [-0.2, -0.15) is 0 Å². The van der Waals surface area contributed by atoms with Crippen molar-refractivity contribution < 1.29 is 28.9 Å². The summed E-state index contributed by atoms with van der Waals surface area (Å²) in [4.78, 5) is 12.6. The summed E-state index contributed by atoms with van der Waals surface area (Å²) in [6.07, 6.45) is 11.4. The molecule has 2 N–H and O–H groups in total. The molecule has 0 radical (unpaired) electrons. The molecule has 1 saturated carbocycles. The van der Waals surface area contributed by atoms with Crippen molar-refractivity contribution in [3.8, 4) is 0 Å². The predicted molar refractivity (Wildman–Crippen MR) is 128 cm³/mol. The lowest BCUT2D eigenvalue weighted by Gasteiger charge is -2.39. The maximum Gasteiger partial charge on any atom is 0.336 e. The number of hydrogen-bond donors (Lipinski definition) is 2. The Kier molecular flexibility index (Phi) is 10.9. The van der Waals surface area contributed by atoms with Crippen molar-refractivity contribution in [2.24, 2.45) is 11.8 Å². The zero-order valence-corrected chi connectivity index (χ0v) is 21.1. The number of ether oxygens (including phenoxy) is 2. The Labute approximate surface area is 199 Å². The number of aliphatic hydroxyl groups is 1. The van der Waals surface area contributed by atoms with Gasteiger partial charge >= 0.3 is 5.97 Å². The molecule has 0 amide bonds. The van der Waals surface area contributed by atoms with E-state index < -0.39 is 29.4 Å². The summed E-state index contributed by atoms with van der Waals surface area (Å²) in [5.41, 5.74) is -2.36. The summed E-state index contributed by atoms with van der Waals surface area (Å²) in [5, 5.41) is 22.0. The number of allylic oxidation sites excluding steroid dienone is 3. The van der Waals surface area contributed by atoms with Gasteiger partial charge in [-0.25, -0.2) is 9.18 Å². The molecule has 33 heavy (non-hydrogen) atoms. The maximum absolute atomic E-state index is 15.2. The van der Waals surface area contributed by atoms with E-state index in [4.69, 9.17) is 9.47 Å². The van der Waals surface area contributed by atoms with Crippen LogP contribution in [0.2, 0.25) is 0 Å². The summed E-state index contributed by atoms with van der Waals surface area (Å²) in [7, 11) is 0. The molecule has 2 rings (SSSR count). The third-order valence-corrected chi connectivity index (χ3v) is 7.14. The van der Waals surface area contributed by atoms with Crippen LogP contribution in [-0.4, -0.2) is 40.3 Å². The van der Waals surface area contributed by atoms with E-state index in [1.54, 1.807) is 13.0 Å². The number of rotatable bonds is 13. The molecule has 0 aromatic rings. The molecule has 1 aliphatic carbocycles. The second kappa shape index (κ2) is 12.9. The SMILES string of the molecule is CCCCC(C)(F)CC=C(OC1CCCCO1)[C@H](CC=C(C)C)[C@@](O)(C(=O)O)C1CCCC1. The molecule has 2 fully saturated rings. The quantitative estimate of drug-likeness (QED) is 0.232. The first-order valence-electron chi connectivity index (χ1n) is 12.9. The summed E-state index contributed by atoms with van der Waals surface area (Å²) in [6.45, 7) is 8.10. The van der Waals surface area contributed by atoms with Crippen LogP contribution in [0.4, 0.5) is 4.39 Å². The van der Waals surface area contributed by atoms with E-state index >= 15 is 4.39 Å². The molecule has 0 bridgehead atoms. The minimum atomic E-state index is -1.97. The van der Waals surface area contributed by atoms with Gasteiger partial charge in [-0.1, -0.05) is 44.3 Å². The molecule has 4 atom stereocenters. The van der Waals surface area contributed by atoms with Crippen molar-refractivity contribution in [3.63, 3.8) is 0 Å². The Morgan fingerprint density at radius 1 is 1.18 bits per heavy atom. The number of hydrogen-bond acceptors (Lipinski definition) is 4. The fourth-order valence-corrected chi connectivity index (χ4v) is 5.03. The summed E-state index contributed by atoms with van der Waals surface area (Å²) in [6, 6.07) is 0. The summed E-state index contributed by atoms with van der Waals surface area (Å²) in [5.74, 6) is -2.03. The molecule has 0 aromatic heterocycles. The van der Waals surface area contributed by atoms with Crippen LogP contribution in [0.5, 0.6) is 0 Å². The Bertz CT molecular complexity index is 670. The molecular formula is C27H45FO5. The summed E-state index contributed by atoms with van der Waals surface area (Å²) >= 11 is 0. The van der Waals surface area contributed by atoms with Crippen molar-refractivity contribution >= 4 is 5.97 Å². The van der Waals surface area contributed by atoms with Gasteiger partial charge < -0.3 is 19.7 Å². The van der Waals surface area contributed by atoms with Crippen LogP contribution in [0.25, 0.3) is 0 Å². The molecule has 0 spiro atoms. The monoisotopic (exact) mass is 468 g/mol. The number of carboxylic acids is 1. The second-order valence-electron chi connectivity index (χ2n) is 10.4. The van der Waals surface area contributed by atoms with Crippen LogP contribution in [-0.2, 0) is 14.3 Å². The highest BCUT2D eigenvalue weighted by Gasteiger charge is 2.53. The van der Waals surface area contributed by atoms with Gasteiger partial charge in [0.25, 0.3) is 0 Å². The van der Waals surface area contributed by atoms with E-state index in [2.05, 4.69) is 0 Å². The number of halogens is 1. The lowest BCUT2D eigenvalue weighted by Crippen LogP contribution is -2.52. The molecule has 1 saturated heterocycles. The normalized spacial score (nSPS) is 24.5. The molecule has 2 aliphatic rings. The first kappa shape index (κ1) is 27.8. The van der Waals surface area contributed by atoms with Crippen LogP contribution in [0.3, 0.4) is 0 Å². The van der Waals surface area contributed by atoms with Gasteiger partial charge in [0.1, 0.15) is 11.4 Å². The fourth-order valence-electron chi connectivity index (χ4n) is 5.03. The fraction of sp³-hybridized carbons (Fsp3) is 0.815. The minimum absolute atomic E-state index is 0.112. The second-order valence-corrected chi connectivity index (χ2v) is 10.4. The zero-order chi connectivity index (χ0) is 24.5. The first-order valence-corrected chi connectivity index (χ1v) is 12.9. The predicted octanol–water partition coefficient (Wildman–Crippen LogP) is 6.70. The van der Waals surface area contributed by atoms with Crippen molar-refractivity contribution in [3.05, 3.63) is 23.5 Å². The smallest absolute Gasteiger partial charge is 0.336 e. The van der Waals surface area contributed by atoms with Crippen molar-refractivity contribution in [1.29, 1.82) is 0 Å². The van der Waals surface area contributed by atoms with Crippen molar-refractivity contribution in [2.75, 3.05) is 6.61 Å². The first-order chi connectivity index (χ1) is 15.6. The van der Waals surface area contributed by atoms with E-state index in [0.29, 0.717) is 44.5 Å². The number of unbranched alkanes of at least 4 members (excludes halogenated alkanes) is 1. The number of carbonyl (C=O) groups is 1. The Morgan fingerprint density at radius 3 is 2.39 bits per heavy atom. The molecule has 2 unspecified atom stereocenters. The average molecular weight is 469 g/mol. The molecule has 1 heterocycles. The van der Waals surface area contributed by atoms with Crippen LogP contribution in [0, 0.1) is 11.8 Å². The molecule has 190 valence electrons. The minimum Gasteiger partial charge on any atom is -0.479 e. The third kappa shape index (κ3) is 8.10. The van der Waals surface area contributed by atoms with Crippen LogP contribution < -0.4 is 0 Å². The highest BCUT2D eigenvalue weighted by Crippen LogP contribution is 2.44. The van der Waals surface area contributed by atoms with E-state index in [0.717, 1.165) is 44.1 Å². The van der Waals surface area contributed by atoms with Gasteiger partial charge in [-0.15, -0.1) is 0 Å². The van der Waals surface area contributed by atoms with Gasteiger partial charge in [0.05, 0.1) is 12.5 Å². The average Bonchev–Trinajstić information content (AvgIpc) is 3.31. The third-order valence-electron chi connectivity index (χ3n) is 7.14. The lowest BCUT2D eigenvalue weighted by atomic mass is 9.72. The molecular weight excluding hydrogens is 423 g/mol. The van der Waals surface area contributed by atoms with Gasteiger partial charge in [-0.05, 0) is 71.3 Å². The molecule has 6 heteroatoms. The Balaban J connectivity index is 2.46. The van der Waals surface area contributed by atoms with E-state index in [-0.39, 0.29) is 12.3 Å². The molecule has 1 aliphatic heterocycles. The van der Waals surface area contributed by atoms with Gasteiger partial charge in [0.15, 0.2) is 11.9 Å². The van der Waals surface area contributed by atoms with Crippen LogP contribution in [0.15, 0.2) is 23.5 Å². The van der Waals surface area contributed by atoms with E-state index in [1.807, 2.05) is 26.8 Å². The number of aliphatic carboxylic acids is 1. The maximum atomic E-state index is 15.2. The number of carboxylic acid groups (broad SMARTS) is 1. The molecule has 0 aromatic carbocycles. The van der Waals surface area contributed by atoms with Crippen LogP contribution in [0.1, 0.15) is 105 Å². The standard InChI is InChI=1S/C27H45FO5/c1-5-6-17-26(4,28)18-16-23(33-24-13-9-10-19-32-24)22(15-14-20(2)3)27(31,25(29)30)21-11-7-8-12-21/h14,16,21-22,24,31H,5-13,15,17-19H2,1-4H3,(H,29,30)/t22-,24?,26?,27+/m0/s1. The van der Waals surface area contributed by atoms with Crippen molar-refractivity contribution in [1.82, 2.24) is 0 Å². The van der Waals surface area contributed by atoms with E-state index in [1.165, 1.54) is 0 Å². The van der Waals surface area contributed by atoms with Crippen LogP contribution >= 0.6 is 0 Å². The molecule has 5 nitrogen and oxygen atoms in total. The Hall–Kier alpha value is -1.40. The topological polar surface area (TPSA) is 76.0 Å². The lowest BCUT2D eigenvalue weighted by molar-refractivity contribution is -0.182. The number of alkyl halides is 1. The highest BCUT2D eigenvalue weighted by molar-refractivity contribution is 5.78. The van der Waals surface area contributed by atoms with Crippen molar-refractivity contribution in [2.45, 2.75) is 122 Å². The zero-order valence-electron chi connectivity index (χ0n) is 21.1. The largest absolute Gasteiger partial charge is 0.479 e. The van der Waals surface area contributed by atoms with Gasteiger partial charge in [0.2, 0.25) is 0 Å². The van der Waals surface area contributed by atoms with Gasteiger partial charge in [-0.3, -0.25) is 0 Å². The highest BCUT2D eigenvalue weighted by atomic mass is 19.1.